The molecule has 0 spiro atoms. The van der Waals surface area contributed by atoms with Gasteiger partial charge in [0.25, 0.3) is 0 Å². The molecule has 2 N–H and O–H groups in total. The lowest BCUT2D eigenvalue weighted by Gasteiger charge is -2.06. The van der Waals surface area contributed by atoms with Crippen molar-refractivity contribution < 1.29 is 15.0 Å². The number of carboxylic acid groups (broad SMARTS) is 1. The molecule has 1 aromatic carbocycles. The van der Waals surface area contributed by atoms with Crippen molar-refractivity contribution in [1.82, 2.24) is 0 Å². The molecule has 0 heterocycles. The summed E-state index contributed by atoms with van der Waals surface area (Å²) in [6.45, 7) is -0.301. The Balaban J connectivity index is 3.49. The predicted octanol–water partition coefficient (Wildman–Crippen LogP) is 1.04. The van der Waals surface area contributed by atoms with Gasteiger partial charge in [0.2, 0.25) is 0 Å². The number of aliphatic hydroxyl groups excluding tert-OH is 1. The van der Waals surface area contributed by atoms with Crippen molar-refractivity contribution in [2.45, 2.75) is 11.5 Å². The van der Waals surface area contributed by atoms with E-state index in [1.807, 2.05) is 0 Å². The van der Waals surface area contributed by atoms with Gasteiger partial charge in [-0.25, -0.2) is 4.79 Å². The van der Waals surface area contributed by atoms with Gasteiger partial charge in [-0.3, -0.25) is 0 Å². The fourth-order valence-electron chi connectivity index (χ4n) is 1.07. The van der Waals surface area contributed by atoms with Gasteiger partial charge in [0.1, 0.15) is 6.07 Å². The lowest BCUT2D eigenvalue weighted by molar-refractivity contribution is 0.0692. The number of carboxylic acids is 1. The van der Waals surface area contributed by atoms with E-state index >= 15 is 0 Å². The van der Waals surface area contributed by atoms with Crippen LogP contribution in [-0.4, -0.2) is 16.2 Å². The fourth-order valence-corrected chi connectivity index (χ4v) is 1.43. The third-order valence-corrected chi connectivity index (χ3v) is 2.28. The van der Waals surface area contributed by atoms with Crippen molar-refractivity contribution in [2.24, 2.45) is 0 Å². The zero-order chi connectivity index (χ0) is 10.7. The number of nitriles is 1. The summed E-state index contributed by atoms with van der Waals surface area (Å²) in [5, 5.41) is 26.3. The molecule has 0 aliphatic heterocycles. The smallest absolute Gasteiger partial charge is 0.338 e. The van der Waals surface area contributed by atoms with Crippen molar-refractivity contribution >= 4 is 18.6 Å². The summed E-state index contributed by atoms with van der Waals surface area (Å²) in [6.07, 6.45) is 0. The van der Waals surface area contributed by atoms with Crippen molar-refractivity contribution in [3.63, 3.8) is 0 Å². The second-order valence-electron chi connectivity index (χ2n) is 2.57. The zero-order valence-electron chi connectivity index (χ0n) is 7.06. The SMILES string of the molecule is N#Cc1ccc(CO)c(S)c1C(=O)O. The molecular formula is C9H7NO3S. The van der Waals surface area contributed by atoms with Gasteiger partial charge in [-0.1, -0.05) is 6.07 Å². The Morgan fingerprint density at radius 2 is 2.21 bits per heavy atom. The van der Waals surface area contributed by atoms with E-state index in [0.29, 0.717) is 5.56 Å². The highest BCUT2D eigenvalue weighted by Crippen LogP contribution is 2.22. The lowest BCUT2D eigenvalue weighted by atomic mass is 10.0. The molecule has 0 aliphatic rings. The Morgan fingerprint density at radius 1 is 1.57 bits per heavy atom. The summed E-state index contributed by atoms with van der Waals surface area (Å²) < 4.78 is 0. The van der Waals surface area contributed by atoms with E-state index in [2.05, 4.69) is 12.6 Å². The first-order valence-electron chi connectivity index (χ1n) is 3.71. The van der Waals surface area contributed by atoms with Crippen LogP contribution in [0.4, 0.5) is 0 Å². The summed E-state index contributed by atoms with van der Waals surface area (Å²) >= 11 is 3.96. The molecule has 0 aromatic heterocycles. The second kappa shape index (κ2) is 4.13. The van der Waals surface area contributed by atoms with E-state index in [0.717, 1.165) is 0 Å². The van der Waals surface area contributed by atoms with Crippen LogP contribution in [0.5, 0.6) is 0 Å². The zero-order valence-corrected chi connectivity index (χ0v) is 7.95. The molecular weight excluding hydrogens is 202 g/mol. The highest BCUT2D eigenvalue weighted by molar-refractivity contribution is 7.80. The minimum absolute atomic E-state index is 0.0414. The molecule has 0 radical (unpaired) electrons. The van der Waals surface area contributed by atoms with Gasteiger partial charge in [-0.15, -0.1) is 12.6 Å². The van der Waals surface area contributed by atoms with Crippen LogP contribution in [0, 0.1) is 11.3 Å². The highest BCUT2D eigenvalue weighted by Gasteiger charge is 2.16. The van der Waals surface area contributed by atoms with E-state index in [4.69, 9.17) is 15.5 Å². The minimum atomic E-state index is -1.22. The van der Waals surface area contributed by atoms with Crippen molar-refractivity contribution in [3.05, 3.63) is 28.8 Å². The number of aliphatic hydroxyl groups is 1. The maximum Gasteiger partial charge on any atom is 0.338 e. The van der Waals surface area contributed by atoms with Gasteiger partial charge in [0.15, 0.2) is 0 Å². The molecule has 0 bridgehead atoms. The molecule has 0 saturated carbocycles. The first-order chi connectivity index (χ1) is 6.61. The van der Waals surface area contributed by atoms with Crippen molar-refractivity contribution in [2.75, 3.05) is 0 Å². The van der Waals surface area contributed by atoms with Gasteiger partial charge in [0.05, 0.1) is 17.7 Å². The van der Waals surface area contributed by atoms with E-state index in [1.165, 1.54) is 12.1 Å². The first-order valence-corrected chi connectivity index (χ1v) is 4.15. The lowest BCUT2D eigenvalue weighted by Crippen LogP contribution is -2.04. The number of aromatic carboxylic acids is 1. The molecule has 0 aliphatic carbocycles. The van der Waals surface area contributed by atoms with Crippen LogP contribution in [0.2, 0.25) is 0 Å². The number of thiol groups is 1. The van der Waals surface area contributed by atoms with Gasteiger partial charge >= 0.3 is 5.97 Å². The van der Waals surface area contributed by atoms with Crippen LogP contribution in [0.1, 0.15) is 21.5 Å². The third-order valence-electron chi connectivity index (χ3n) is 1.77. The molecule has 4 nitrogen and oxygen atoms in total. The summed E-state index contributed by atoms with van der Waals surface area (Å²) in [7, 11) is 0. The quantitative estimate of drug-likeness (QED) is 0.635. The van der Waals surface area contributed by atoms with Crippen LogP contribution >= 0.6 is 12.6 Å². The summed E-state index contributed by atoms with van der Waals surface area (Å²) in [5.41, 5.74) is 0.270. The van der Waals surface area contributed by atoms with Crippen LogP contribution in [-0.2, 0) is 6.61 Å². The number of carbonyl (C=O) groups is 1. The fraction of sp³-hybridized carbons (Fsp3) is 0.111. The van der Waals surface area contributed by atoms with E-state index in [-0.39, 0.29) is 22.6 Å². The van der Waals surface area contributed by atoms with Crippen molar-refractivity contribution in [1.29, 1.82) is 5.26 Å². The van der Waals surface area contributed by atoms with Gasteiger partial charge < -0.3 is 10.2 Å². The average molecular weight is 209 g/mol. The van der Waals surface area contributed by atoms with Crippen LogP contribution < -0.4 is 0 Å². The number of benzene rings is 1. The average Bonchev–Trinajstić information content (AvgIpc) is 2.16. The molecule has 0 saturated heterocycles. The van der Waals surface area contributed by atoms with Gasteiger partial charge in [-0.2, -0.15) is 5.26 Å². The van der Waals surface area contributed by atoms with E-state index < -0.39 is 5.97 Å². The van der Waals surface area contributed by atoms with Crippen LogP contribution in [0.3, 0.4) is 0 Å². The number of hydrogen-bond donors (Lipinski definition) is 3. The first kappa shape index (κ1) is 10.6. The molecule has 14 heavy (non-hydrogen) atoms. The number of rotatable bonds is 2. The second-order valence-corrected chi connectivity index (χ2v) is 3.02. The van der Waals surface area contributed by atoms with Crippen LogP contribution in [0.25, 0.3) is 0 Å². The number of hydrogen-bond acceptors (Lipinski definition) is 4. The maximum atomic E-state index is 10.8. The predicted molar refractivity (Wildman–Crippen MR) is 51.3 cm³/mol. The maximum absolute atomic E-state index is 10.8. The number of nitrogens with zero attached hydrogens (tertiary/aromatic N) is 1. The molecule has 0 amide bonds. The van der Waals surface area contributed by atoms with E-state index in [9.17, 15) is 4.79 Å². The van der Waals surface area contributed by atoms with Crippen molar-refractivity contribution in [3.8, 4) is 6.07 Å². The monoisotopic (exact) mass is 209 g/mol. The Labute approximate surface area is 85.8 Å². The third kappa shape index (κ3) is 1.71. The molecule has 1 rings (SSSR count). The Morgan fingerprint density at radius 3 is 2.64 bits per heavy atom. The van der Waals surface area contributed by atoms with Crippen LogP contribution in [0.15, 0.2) is 17.0 Å². The normalized spacial score (nSPS) is 9.50. The Kier molecular flexibility index (Phi) is 3.12. The summed E-state index contributed by atoms with van der Waals surface area (Å²) in [6, 6.07) is 4.59. The summed E-state index contributed by atoms with van der Waals surface area (Å²) in [5.74, 6) is -1.22. The van der Waals surface area contributed by atoms with E-state index in [1.54, 1.807) is 6.07 Å². The van der Waals surface area contributed by atoms with Gasteiger partial charge in [0, 0.05) is 4.90 Å². The molecule has 5 heteroatoms. The van der Waals surface area contributed by atoms with Gasteiger partial charge in [-0.05, 0) is 11.6 Å². The molecule has 0 atom stereocenters. The Bertz CT molecular complexity index is 423. The topological polar surface area (TPSA) is 81.3 Å². The molecule has 72 valence electrons. The Hall–Kier alpha value is -1.51. The standard InChI is InChI=1S/C9H7NO3S/c10-3-5-1-2-6(4-11)8(14)7(5)9(12)13/h1-2,11,14H,4H2,(H,12,13). The summed E-state index contributed by atoms with van der Waals surface area (Å²) in [4.78, 5) is 10.9. The minimum Gasteiger partial charge on any atom is -0.478 e. The molecule has 1 aromatic rings. The largest absolute Gasteiger partial charge is 0.478 e. The molecule has 0 fully saturated rings. The highest BCUT2D eigenvalue weighted by atomic mass is 32.1. The molecule has 0 unspecified atom stereocenters.